The molecule has 1 atom stereocenters. The second-order valence-electron chi connectivity index (χ2n) is 8.16. The Kier molecular flexibility index (Phi) is 6.91. The summed E-state index contributed by atoms with van der Waals surface area (Å²) in [7, 11) is 0. The number of carbonyl (C=O) groups is 1. The minimum atomic E-state index is -0.391. The third-order valence-electron chi connectivity index (χ3n) is 6.03. The summed E-state index contributed by atoms with van der Waals surface area (Å²) in [6, 6.07) is 16.7. The molecule has 1 aromatic heterocycles. The van der Waals surface area contributed by atoms with Crippen molar-refractivity contribution in [2.24, 2.45) is 0 Å². The summed E-state index contributed by atoms with van der Waals surface area (Å²) in [5.41, 5.74) is 2.22. The highest BCUT2D eigenvalue weighted by molar-refractivity contribution is 5.81. The van der Waals surface area contributed by atoms with Gasteiger partial charge in [-0.15, -0.1) is 0 Å². The second kappa shape index (κ2) is 9.99. The first-order valence-corrected chi connectivity index (χ1v) is 10.9. The first kappa shape index (κ1) is 20.0. The Hall–Kier alpha value is -2.24. The molecule has 0 bridgehead atoms. The monoisotopic (exact) mass is 393 g/mol. The number of nitrogens with zero attached hydrogens (tertiary/aromatic N) is 3. The van der Waals surface area contributed by atoms with Gasteiger partial charge >= 0.3 is 0 Å². The molecule has 2 heterocycles. The average molecular weight is 394 g/mol. The number of rotatable bonds is 6. The van der Waals surface area contributed by atoms with Gasteiger partial charge in [-0.05, 0) is 30.5 Å². The second-order valence-corrected chi connectivity index (χ2v) is 8.16. The number of hydrogen-bond acceptors (Lipinski definition) is 4. The molecular formula is C24H31N3O2. The van der Waals surface area contributed by atoms with Crippen LogP contribution in [0.1, 0.15) is 43.4 Å². The molecule has 0 radical (unpaired) electrons. The van der Waals surface area contributed by atoms with Gasteiger partial charge in [0.05, 0.1) is 18.8 Å². The van der Waals surface area contributed by atoms with Crippen molar-refractivity contribution in [1.29, 1.82) is 0 Å². The normalized spacial score (nSPS) is 21.0. The molecule has 5 heteroatoms. The molecule has 0 N–H and O–H groups in total. The summed E-state index contributed by atoms with van der Waals surface area (Å²) >= 11 is 0. The van der Waals surface area contributed by atoms with E-state index >= 15 is 0 Å². The quantitative estimate of drug-likeness (QED) is 0.752. The van der Waals surface area contributed by atoms with Gasteiger partial charge in [-0.2, -0.15) is 0 Å². The lowest BCUT2D eigenvalue weighted by Gasteiger charge is -2.39. The zero-order valence-corrected chi connectivity index (χ0v) is 17.1. The predicted molar refractivity (Wildman–Crippen MR) is 113 cm³/mol. The van der Waals surface area contributed by atoms with Gasteiger partial charge in [0, 0.05) is 31.9 Å². The van der Waals surface area contributed by atoms with Crippen LogP contribution in [-0.4, -0.2) is 52.5 Å². The SMILES string of the molecule is O=C(C1CN(Cc2ccccc2)CCO1)N(Cc1ccccn1)C1CCCCC1. The molecular weight excluding hydrogens is 362 g/mol. The van der Waals surface area contributed by atoms with Crippen LogP contribution in [0.2, 0.25) is 0 Å². The van der Waals surface area contributed by atoms with E-state index in [-0.39, 0.29) is 5.91 Å². The maximum atomic E-state index is 13.5. The van der Waals surface area contributed by atoms with Crippen molar-refractivity contribution in [1.82, 2.24) is 14.8 Å². The first-order chi connectivity index (χ1) is 14.3. The van der Waals surface area contributed by atoms with Crippen LogP contribution in [0, 0.1) is 0 Å². The molecule has 1 saturated heterocycles. The van der Waals surface area contributed by atoms with E-state index in [2.05, 4.69) is 39.0 Å². The molecule has 1 amide bonds. The van der Waals surface area contributed by atoms with Gasteiger partial charge in [0.25, 0.3) is 5.91 Å². The predicted octanol–water partition coefficient (Wildman–Crippen LogP) is 3.64. The van der Waals surface area contributed by atoms with Crippen LogP contribution < -0.4 is 0 Å². The largest absolute Gasteiger partial charge is 0.366 e. The molecule has 2 fully saturated rings. The number of benzene rings is 1. The van der Waals surface area contributed by atoms with Crippen molar-refractivity contribution in [2.75, 3.05) is 19.7 Å². The Morgan fingerprint density at radius 2 is 1.86 bits per heavy atom. The topological polar surface area (TPSA) is 45.7 Å². The maximum Gasteiger partial charge on any atom is 0.253 e. The van der Waals surface area contributed by atoms with E-state index in [0.717, 1.165) is 31.6 Å². The number of carbonyl (C=O) groups excluding carboxylic acids is 1. The molecule has 4 rings (SSSR count). The fourth-order valence-electron chi connectivity index (χ4n) is 4.47. The van der Waals surface area contributed by atoms with Crippen LogP contribution in [0.5, 0.6) is 0 Å². The molecule has 1 unspecified atom stereocenters. The van der Waals surface area contributed by atoms with Gasteiger partial charge < -0.3 is 9.64 Å². The summed E-state index contributed by atoms with van der Waals surface area (Å²) in [5.74, 6) is 0.125. The number of aromatic nitrogens is 1. The van der Waals surface area contributed by atoms with E-state index in [0.29, 0.717) is 25.7 Å². The first-order valence-electron chi connectivity index (χ1n) is 10.9. The Labute approximate surface area is 173 Å². The van der Waals surface area contributed by atoms with Gasteiger partial charge in [-0.25, -0.2) is 0 Å². The molecule has 1 aromatic carbocycles. The van der Waals surface area contributed by atoms with Crippen molar-refractivity contribution in [3.05, 3.63) is 66.0 Å². The summed E-state index contributed by atoms with van der Waals surface area (Å²) < 4.78 is 5.96. The number of amides is 1. The van der Waals surface area contributed by atoms with Gasteiger partial charge in [0.2, 0.25) is 0 Å². The highest BCUT2D eigenvalue weighted by Gasteiger charge is 2.34. The molecule has 0 spiro atoms. The van der Waals surface area contributed by atoms with Gasteiger partial charge in [-0.1, -0.05) is 55.7 Å². The Bertz CT molecular complexity index is 762. The van der Waals surface area contributed by atoms with Gasteiger partial charge in [0.15, 0.2) is 0 Å². The zero-order valence-electron chi connectivity index (χ0n) is 17.1. The lowest BCUT2D eigenvalue weighted by atomic mass is 9.93. The Morgan fingerprint density at radius 3 is 2.62 bits per heavy atom. The summed E-state index contributed by atoms with van der Waals surface area (Å²) in [6.45, 7) is 3.55. The maximum absolute atomic E-state index is 13.5. The van der Waals surface area contributed by atoms with Crippen molar-refractivity contribution < 1.29 is 9.53 Å². The lowest BCUT2D eigenvalue weighted by Crippen LogP contribution is -2.53. The van der Waals surface area contributed by atoms with E-state index in [1.807, 2.05) is 24.3 Å². The van der Waals surface area contributed by atoms with Crippen molar-refractivity contribution in [3.63, 3.8) is 0 Å². The smallest absolute Gasteiger partial charge is 0.253 e. The summed E-state index contributed by atoms with van der Waals surface area (Å²) in [6.07, 6.45) is 7.24. The third kappa shape index (κ3) is 5.43. The van der Waals surface area contributed by atoms with Crippen LogP contribution in [0.4, 0.5) is 0 Å². The van der Waals surface area contributed by atoms with E-state index in [4.69, 9.17) is 4.74 Å². The zero-order chi connectivity index (χ0) is 19.9. The van der Waals surface area contributed by atoms with Crippen LogP contribution in [-0.2, 0) is 22.6 Å². The highest BCUT2D eigenvalue weighted by Crippen LogP contribution is 2.25. The molecule has 2 aliphatic rings. The van der Waals surface area contributed by atoms with Crippen molar-refractivity contribution in [2.45, 2.75) is 57.3 Å². The Balaban J connectivity index is 1.45. The number of ether oxygens (including phenoxy) is 1. The van der Waals surface area contributed by atoms with Crippen molar-refractivity contribution >= 4 is 5.91 Å². The van der Waals surface area contributed by atoms with Crippen LogP contribution in [0.25, 0.3) is 0 Å². The highest BCUT2D eigenvalue weighted by atomic mass is 16.5. The molecule has 1 saturated carbocycles. The van der Waals surface area contributed by atoms with Crippen LogP contribution in [0.15, 0.2) is 54.7 Å². The standard InChI is InChI=1S/C24H31N3O2/c28-24(23-19-26(15-16-29-23)17-20-9-3-1-4-10-20)27(22-12-5-2-6-13-22)18-21-11-7-8-14-25-21/h1,3-4,7-11,14,22-23H,2,5-6,12-13,15-19H2. The molecule has 5 nitrogen and oxygen atoms in total. The Morgan fingerprint density at radius 1 is 1.07 bits per heavy atom. The van der Waals surface area contributed by atoms with E-state index in [1.54, 1.807) is 6.20 Å². The fraction of sp³-hybridized carbons (Fsp3) is 0.500. The van der Waals surface area contributed by atoms with Gasteiger partial charge in [0.1, 0.15) is 6.10 Å². The van der Waals surface area contributed by atoms with E-state index in [9.17, 15) is 4.79 Å². The number of morpholine rings is 1. The molecule has 29 heavy (non-hydrogen) atoms. The molecule has 1 aliphatic carbocycles. The van der Waals surface area contributed by atoms with Crippen molar-refractivity contribution in [3.8, 4) is 0 Å². The third-order valence-corrected chi connectivity index (χ3v) is 6.03. The molecule has 2 aromatic rings. The number of hydrogen-bond donors (Lipinski definition) is 0. The minimum Gasteiger partial charge on any atom is -0.366 e. The number of pyridine rings is 1. The average Bonchev–Trinajstić information content (AvgIpc) is 2.79. The molecule has 1 aliphatic heterocycles. The minimum absolute atomic E-state index is 0.125. The van der Waals surface area contributed by atoms with Gasteiger partial charge in [-0.3, -0.25) is 14.7 Å². The van der Waals surface area contributed by atoms with Crippen LogP contribution in [0.3, 0.4) is 0 Å². The van der Waals surface area contributed by atoms with E-state index < -0.39 is 6.10 Å². The van der Waals surface area contributed by atoms with Crippen LogP contribution >= 0.6 is 0 Å². The summed E-state index contributed by atoms with van der Waals surface area (Å²) in [5, 5.41) is 0. The lowest BCUT2D eigenvalue weighted by molar-refractivity contribution is -0.153. The van der Waals surface area contributed by atoms with E-state index in [1.165, 1.54) is 24.8 Å². The molecule has 154 valence electrons. The summed E-state index contributed by atoms with van der Waals surface area (Å²) in [4.78, 5) is 22.4. The fourth-order valence-corrected chi connectivity index (χ4v) is 4.47.